The fraction of sp³-hybridized carbons (Fsp3) is 0.600. The van der Waals surface area contributed by atoms with E-state index in [0.29, 0.717) is 37.5 Å². The van der Waals surface area contributed by atoms with Gasteiger partial charge in [-0.15, -0.1) is 0 Å². The highest BCUT2D eigenvalue weighted by molar-refractivity contribution is 6.30. The third-order valence-corrected chi connectivity index (χ3v) is 6.55. The molecule has 4 heterocycles. The molecule has 2 aliphatic heterocycles. The lowest BCUT2D eigenvalue weighted by Gasteiger charge is -2.44. The largest absolute Gasteiger partial charge is 0.437 e. The molecule has 2 aromatic rings. The molecule has 1 spiro atoms. The SMILES string of the molecule is CC(OC(=O)N1CCC2(CCCN2Cc2cnc3ccc(Cl)cn23)CC1)C(F)(F)F. The summed E-state index contributed by atoms with van der Waals surface area (Å²) in [5.74, 6) is 0. The second-order valence-electron chi connectivity index (χ2n) is 8.13. The van der Waals surface area contributed by atoms with Crippen LogP contribution >= 0.6 is 11.6 Å². The number of ether oxygens (including phenoxy) is 1. The quantitative estimate of drug-likeness (QED) is 0.699. The van der Waals surface area contributed by atoms with Crippen LogP contribution in [0.3, 0.4) is 0 Å². The van der Waals surface area contributed by atoms with Crippen LogP contribution in [0.25, 0.3) is 5.65 Å². The molecule has 0 bridgehead atoms. The zero-order chi connectivity index (χ0) is 21.5. The van der Waals surface area contributed by atoms with E-state index in [0.717, 1.165) is 37.7 Å². The second kappa shape index (κ2) is 7.92. The van der Waals surface area contributed by atoms with Crippen molar-refractivity contribution in [3.63, 3.8) is 0 Å². The van der Waals surface area contributed by atoms with E-state index < -0.39 is 18.4 Å². The number of nitrogens with zero attached hydrogens (tertiary/aromatic N) is 4. The predicted octanol–water partition coefficient (Wildman–Crippen LogP) is 4.51. The Bertz CT molecular complexity index is 924. The molecule has 0 saturated carbocycles. The first-order valence-electron chi connectivity index (χ1n) is 10.1. The summed E-state index contributed by atoms with van der Waals surface area (Å²) in [5, 5.41) is 0.637. The first-order valence-corrected chi connectivity index (χ1v) is 10.4. The summed E-state index contributed by atoms with van der Waals surface area (Å²) in [4.78, 5) is 20.4. The van der Waals surface area contributed by atoms with Gasteiger partial charge in [0.1, 0.15) is 5.65 Å². The van der Waals surface area contributed by atoms with Crippen molar-refractivity contribution in [3.05, 3.63) is 35.2 Å². The minimum atomic E-state index is -4.55. The molecule has 0 aromatic carbocycles. The number of imidazole rings is 1. The molecule has 2 aromatic heterocycles. The average Bonchev–Trinajstić information content (AvgIpc) is 3.26. The smallest absolute Gasteiger partial charge is 0.425 e. The molecule has 2 fully saturated rings. The fourth-order valence-corrected chi connectivity index (χ4v) is 4.68. The molecule has 0 N–H and O–H groups in total. The summed E-state index contributed by atoms with van der Waals surface area (Å²) in [7, 11) is 0. The Morgan fingerprint density at radius 1 is 1.27 bits per heavy atom. The lowest BCUT2D eigenvalue weighted by atomic mass is 9.85. The Kier molecular flexibility index (Phi) is 5.61. The molecule has 6 nitrogen and oxygen atoms in total. The molecule has 1 unspecified atom stereocenters. The topological polar surface area (TPSA) is 50.1 Å². The standard InChI is InChI=1S/C20H24ClF3N4O2/c1-14(20(22,23)24)30-18(29)26-9-6-19(7-10-26)5-2-8-27(19)13-16-11-25-17-4-3-15(21)12-28(16)17/h3-4,11-12,14H,2,5-10,13H2,1H3. The average molecular weight is 445 g/mol. The molecule has 2 saturated heterocycles. The van der Waals surface area contributed by atoms with Crippen LogP contribution < -0.4 is 0 Å². The Balaban J connectivity index is 1.41. The molecule has 0 aliphatic carbocycles. The van der Waals surface area contributed by atoms with Gasteiger partial charge in [-0.3, -0.25) is 4.90 Å². The van der Waals surface area contributed by atoms with Crippen LogP contribution in [0.1, 0.15) is 38.3 Å². The number of hydrogen-bond donors (Lipinski definition) is 0. The lowest BCUT2D eigenvalue weighted by Crippen LogP contribution is -2.53. The van der Waals surface area contributed by atoms with Gasteiger partial charge in [0.25, 0.3) is 0 Å². The number of carbonyl (C=O) groups excluding carboxylic acids is 1. The monoisotopic (exact) mass is 444 g/mol. The zero-order valence-electron chi connectivity index (χ0n) is 16.7. The number of aromatic nitrogens is 2. The van der Waals surface area contributed by atoms with Crippen LogP contribution in [0, 0.1) is 0 Å². The Labute approximate surface area is 177 Å². The third-order valence-electron chi connectivity index (χ3n) is 6.33. The molecule has 2 aliphatic rings. The van der Waals surface area contributed by atoms with Crippen LogP contribution in [-0.2, 0) is 11.3 Å². The molecular formula is C20H24ClF3N4O2. The maximum atomic E-state index is 12.7. The van der Waals surface area contributed by atoms with Crippen molar-refractivity contribution < 1.29 is 22.7 Å². The number of likely N-dealkylation sites (tertiary alicyclic amines) is 2. The zero-order valence-corrected chi connectivity index (χ0v) is 17.4. The number of fused-ring (bicyclic) bond motifs is 1. The highest BCUT2D eigenvalue weighted by atomic mass is 35.5. The van der Waals surface area contributed by atoms with Crippen LogP contribution in [-0.4, -0.2) is 62.7 Å². The van der Waals surface area contributed by atoms with Crippen LogP contribution in [0.15, 0.2) is 24.5 Å². The van der Waals surface area contributed by atoms with Crippen molar-refractivity contribution >= 4 is 23.3 Å². The van der Waals surface area contributed by atoms with Gasteiger partial charge in [-0.1, -0.05) is 11.6 Å². The van der Waals surface area contributed by atoms with Crippen molar-refractivity contribution in [1.82, 2.24) is 19.2 Å². The minimum Gasteiger partial charge on any atom is -0.437 e. The number of alkyl halides is 3. The molecule has 10 heteroatoms. The van der Waals surface area contributed by atoms with Crippen molar-refractivity contribution in [2.45, 2.75) is 57.0 Å². The number of piperidine rings is 1. The number of carbonyl (C=O) groups is 1. The van der Waals surface area contributed by atoms with Gasteiger partial charge in [-0.05, 0) is 51.3 Å². The first kappa shape index (κ1) is 21.2. The number of halogens is 4. The third kappa shape index (κ3) is 4.09. The number of rotatable bonds is 3. The molecular weight excluding hydrogens is 421 g/mol. The van der Waals surface area contributed by atoms with E-state index in [1.54, 1.807) is 6.07 Å². The van der Waals surface area contributed by atoms with Gasteiger partial charge in [-0.2, -0.15) is 13.2 Å². The van der Waals surface area contributed by atoms with Gasteiger partial charge in [0.15, 0.2) is 6.10 Å². The van der Waals surface area contributed by atoms with Gasteiger partial charge in [-0.25, -0.2) is 9.78 Å². The van der Waals surface area contributed by atoms with E-state index in [1.807, 2.05) is 22.9 Å². The van der Waals surface area contributed by atoms with Gasteiger partial charge >= 0.3 is 12.3 Å². The fourth-order valence-electron chi connectivity index (χ4n) is 4.52. The van der Waals surface area contributed by atoms with Crippen LogP contribution in [0.5, 0.6) is 0 Å². The van der Waals surface area contributed by atoms with Crippen molar-refractivity contribution in [3.8, 4) is 0 Å². The maximum absolute atomic E-state index is 12.7. The summed E-state index contributed by atoms with van der Waals surface area (Å²) in [6, 6.07) is 3.68. The number of pyridine rings is 1. The predicted molar refractivity (Wildman–Crippen MR) is 105 cm³/mol. The normalized spacial score (nSPS) is 20.8. The van der Waals surface area contributed by atoms with Gasteiger partial charge < -0.3 is 14.0 Å². The van der Waals surface area contributed by atoms with E-state index in [2.05, 4.69) is 14.6 Å². The molecule has 0 radical (unpaired) electrons. The highest BCUT2D eigenvalue weighted by Crippen LogP contribution is 2.39. The van der Waals surface area contributed by atoms with Gasteiger partial charge in [0.05, 0.1) is 16.9 Å². The van der Waals surface area contributed by atoms with E-state index in [9.17, 15) is 18.0 Å². The Hall–Kier alpha value is -2.00. The summed E-state index contributed by atoms with van der Waals surface area (Å²) in [5.41, 5.74) is 1.81. The molecule has 1 atom stereocenters. The van der Waals surface area contributed by atoms with E-state index in [1.165, 1.54) is 4.90 Å². The summed E-state index contributed by atoms with van der Waals surface area (Å²) >= 11 is 6.13. The van der Waals surface area contributed by atoms with Gasteiger partial charge in [0.2, 0.25) is 0 Å². The minimum absolute atomic E-state index is 0.0604. The van der Waals surface area contributed by atoms with E-state index in [-0.39, 0.29) is 5.54 Å². The molecule has 1 amide bonds. The molecule has 30 heavy (non-hydrogen) atoms. The Morgan fingerprint density at radius 3 is 2.70 bits per heavy atom. The maximum Gasteiger partial charge on any atom is 0.425 e. The lowest BCUT2D eigenvalue weighted by molar-refractivity contribution is -0.200. The summed E-state index contributed by atoms with van der Waals surface area (Å²) in [6.07, 6.45) is -0.377. The summed E-state index contributed by atoms with van der Waals surface area (Å²) < 4.78 is 44.6. The summed E-state index contributed by atoms with van der Waals surface area (Å²) in [6.45, 7) is 3.27. The van der Waals surface area contributed by atoms with Crippen molar-refractivity contribution in [2.75, 3.05) is 19.6 Å². The molecule has 164 valence electrons. The van der Waals surface area contributed by atoms with Crippen molar-refractivity contribution in [2.24, 2.45) is 0 Å². The van der Waals surface area contributed by atoms with Crippen LogP contribution in [0.2, 0.25) is 5.02 Å². The van der Waals surface area contributed by atoms with E-state index >= 15 is 0 Å². The highest BCUT2D eigenvalue weighted by Gasteiger charge is 2.45. The van der Waals surface area contributed by atoms with E-state index in [4.69, 9.17) is 11.6 Å². The van der Waals surface area contributed by atoms with Crippen LogP contribution in [0.4, 0.5) is 18.0 Å². The van der Waals surface area contributed by atoms with Crippen molar-refractivity contribution in [1.29, 1.82) is 0 Å². The van der Waals surface area contributed by atoms with Gasteiger partial charge in [0, 0.05) is 31.4 Å². The first-order chi connectivity index (χ1) is 14.2. The second-order valence-corrected chi connectivity index (χ2v) is 8.57. The number of hydrogen-bond acceptors (Lipinski definition) is 4. The Morgan fingerprint density at radius 2 is 2.00 bits per heavy atom. The molecule has 4 rings (SSSR count). The number of amides is 1.